The summed E-state index contributed by atoms with van der Waals surface area (Å²) in [6.07, 6.45) is 0.732. The number of fused-ring (bicyclic) bond motifs is 1. The molecule has 12 heteroatoms. The second-order valence-corrected chi connectivity index (χ2v) is 13.9. The minimum absolute atomic E-state index is 0.0525. The average Bonchev–Trinajstić information content (AvgIpc) is 3.33. The summed E-state index contributed by atoms with van der Waals surface area (Å²) in [6.45, 7) is 9.63. The van der Waals surface area contributed by atoms with Gasteiger partial charge in [0.15, 0.2) is 6.10 Å². The van der Waals surface area contributed by atoms with Gasteiger partial charge in [0.25, 0.3) is 5.91 Å². The number of rotatable bonds is 6. The second kappa shape index (κ2) is 12.4. The number of hydrogen-bond donors (Lipinski definition) is 3. The Morgan fingerprint density at radius 2 is 2.02 bits per heavy atom. The zero-order valence-corrected chi connectivity index (χ0v) is 25.7. The Morgan fingerprint density at radius 1 is 1.26 bits per heavy atom. The smallest absolute Gasteiger partial charge is 0.335 e. The van der Waals surface area contributed by atoms with Crippen LogP contribution in [0.5, 0.6) is 0 Å². The molecule has 5 atom stereocenters. The van der Waals surface area contributed by atoms with Crippen LogP contribution in [0.25, 0.3) is 0 Å². The average molecular weight is 599 g/mol. The fourth-order valence-corrected chi connectivity index (χ4v) is 7.35. The molecule has 0 aromatic heterocycles. The van der Waals surface area contributed by atoms with Gasteiger partial charge in [0.2, 0.25) is 5.91 Å². The van der Waals surface area contributed by atoms with Gasteiger partial charge in [-0.25, -0.2) is 15.2 Å². The molecule has 11 nitrogen and oxygen atoms in total. The van der Waals surface area contributed by atoms with E-state index in [-0.39, 0.29) is 30.9 Å². The van der Waals surface area contributed by atoms with Crippen LogP contribution in [0.1, 0.15) is 62.4 Å². The lowest BCUT2D eigenvalue weighted by Crippen LogP contribution is -2.63. The van der Waals surface area contributed by atoms with Gasteiger partial charge in [-0.15, -0.1) is 0 Å². The molecule has 4 saturated heterocycles. The highest BCUT2D eigenvalue weighted by atomic mass is 32.2. The molecular weight excluding hydrogens is 556 g/mol. The van der Waals surface area contributed by atoms with Crippen LogP contribution >= 0.6 is 11.8 Å². The Kier molecular flexibility index (Phi) is 9.04. The molecule has 1 aromatic rings. The topological polar surface area (TPSA) is 136 Å². The van der Waals surface area contributed by atoms with Crippen molar-refractivity contribution < 1.29 is 23.9 Å². The number of piperidine rings is 1. The standard InChI is InChI=1S/C30H42N6O5S/c1-19-17-20(5-6-21(19)27(38)35-13-15-42-16-14-35)33-25-24-22(8-12-32-26(24)37)36(34-25)30(10-11-31)9-7-23(40-18-30)28(39)41-29(2,3)4/h5-6,17,22-25,33-34H,7-10,12-16,18H2,1-4H3,(H,32,37)/t22?,23-,24?,25?,30-/m0/s1. The predicted octanol–water partition coefficient (Wildman–Crippen LogP) is 2.42. The Hall–Kier alpha value is -2.85. The van der Waals surface area contributed by atoms with Crippen molar-refractivity contribution in [2.24, 2.45) is 5.92 Å². The van der Waals surface area contributed by atoms with Crippen molar-refractivity contribution in [3.63, 3.8) is 0 Å². The van der Waals surface area contributed by atoms with E-state index < -0.39 is 35.3 Å². The summed E-state index contributed by atoms with van der Waals surface area (Å²) in [5, 5.41) is 18.4. The number of ether oxygens (including phenoxy) is 2. The first-order chi connectivity index (χ1) is 20.0. The molecule has 3 unspecified atom stereocenters. The van der Waals surface area contributed by atoms with Crippen molar-refractivity contribution >= 4 is 35.2 Å². The maximum absolute atomic E-state index is 13.2. The molecule has 4 aliphatic rings. The number of anilines is 1. The maximum Gasteiger partial charge on any atom is 0.335 e. The van der Waals surface area contributed by atoms with E-state index in [1.165, 1.54) is 0 Å². The van der Waals surface area contributed by atoms with E-state index in [1.54, 1.807) is 0 Å². The first-order valence-electron chi connectivity index (χ1n) is 14.8. The van der Waals surface area contributed by atoms with Crippen molar-refractivity contribution in [1.29, 1.82) is 5.26 Å². The summed E-state index contributed by atoms with van der Waals surface area (Å²) in [5.74, 6) is 1.11. The molecule has 4 fully saturated rings. The molecule has 5 rings (SSSR count). The number of nitriles is 1. The van der Waals surface area contributed by atoms with Crippen LogP contribution in [0.4, 0.5) is 5.69 Å². The molecule has 42 heavy (non-hydrogen) atoms. The lowest BCUT2D eigenvalue weighted by atomic mass is 9.83. The first kappa shape index (κ1) is 30.6. The highest BCUT2D eigenvalue weighted by Gasteiger charge is 2.56. The van der Waals surface area contributed by atoms with E-state index in [0.29, 0.717) is 31.4 Å². The maximum atomic E-state index is 13.2. The predicted molar refractivity (Wildman–Crippen MR) is 159 cm³/mol. The molecule has 228 valence electrons. The minimum Gasteiger partial charge on any atom is -0.458 e. The Labute approximate surface area is 252 Å². The van der Waals surface area contributed by atoms with Gasteiger partial charge in [-0.05, 0) is 70.7 Å². The van der Waals surface area contributed by atoms with Crippen LogP contribution in [-0.4, -0.2) is 94.9 Å². The highest BCUT2D eigenvalue weighted by Crippen LogP contribution is 2.40. The van der Waals surface area contributed by atoms with E-state index in [1.807, 2.05) is 62.6 Å². The zero-order chi connectivity index (χ0) is 30.1. The minimum atomic E-state index is -0.705. The number of benzene rings is 1. The number of nitrogens with one attached hydrogen (secondary N) is 3. The van der Waals surface area contributed by atoms with Gasteiger partial charge in [-0.2, -0.15) is 17.0 Å². The molecule has 4 heterocycles. The Morgan fingerprint density at radius 3 is 2.67 bits per heavy atom. The largest absolute Gasteiger partial charge is 0.458 e. The summed E-state index contributed by atoms with van der Waals surface area (Å²) in [7, 11) is 0. The van der Waals surface area contributed by atoms with Crippen LogP contribution in [0.2, 0.25) is 0 Å². The molecular formula is C30H42N6O5S. The van der Waals surface area contributed by atoms with Crippen molar-refractivity contribution in [2.45, 2.75) is 82.8 Å². The number of nitrogens with zero attached hydrogens (tertiary/aromatic N) is 3. The van der Waals surface area contributed by atoms with E-state index in [2.05, 4.69) is 27.1 Å². The van der Waals surface area contributed by atoms with Crippen LogP contribution in [0, 0.1) is 24.2 Å². The van der Waals surface area contributed by atoms with Crippen molar-refractivity contribution in [2.75, 3.05) is 43.1 Å². The fourth-order valence-electron chi connectivity index (χ4n) is 6.45. The number of esters is 1. The Balaban J connectivity index is 1.33. The lowest BCUT2D eigenvalue weighted by Gasteiger charge is -2.47. The molecule has 0 aliphatic carbocycles. The van der Waals surface area contributed by atoms with Crippen molar-refractivity contribution in [3.8, 4) is 6.07 Å². The second-order valence-electron chi connectivity index (χ2n) is 12.7. The summed E-state index contributed by atoms with van der Waals surface area (Å²) in [4.78, 5) is 40.9. The molecule has 4 aliphatic heterocycles. The molecule has 0 spiro atoms. The number of carbonyl (C=O) groups is 3. The first-order valence-corrected chi connectivity index (χ1v) is 16.0. The monoisotopic (exact) mass is 598 g/mol. The van der Waals surface area contributed by atoms with Gasteiger partial charge >= 0.3 is 5.97 Å². The molecule has 0 saturated carbocycles. The SMILES string of the molecule is Cc1cc(NC2NN([C@]3(CC#N)CC[C@@H](C(=O)OC(C)(C)C)OC3)C3CCNC(=O)C23)ccc1C(=O)N1CCSCC1. The molecule has 3 N–H and O–H groups in total. The zero-order valence-electron chi connectivity index (χ0n) is 24.9. The number of carbonyl (C=O) groups excluding carboxylic acids is 3. The van der Waals surface area contributed by atoms with Crippen molar-refractivity contribution in [3.05, 3.63) is 29.3 Å². The van der Waals surface area contributed by atoms with Gasteiger partial charge in [0, 0.05) is 48.4 Å². The highest BCUT2D eigenvalue weighted by molar-refractivity contribution is 7.99. The summed E-state index contributed by atoms with van der Waals surface area (Å²) in [6, 6.07) is 7.86. The van der Waals surface area contributed by atoms with Crippen LogP contribution < -0.4 is 16.1 Å². The molecule has 0 bridgehead atoms. The van der Waals surface area contributed by atoms with Crippen LogP contribution in [-0.2, 0) is 19.1 Å². The Bertz CT molecular complexity index is 1230. The quantitative estimate of drug-likeness (QED) is 0.419. The van der Waals surface area contributed by atoms with Gasteiger partial charge in [0.1, 0.15) is 11.8 Å². The normalized spacial score (nSPS) is 30.2. The van der Waals surface area contributed by atoms with Crippen molar-refractivity contribution in [1.82, 2.24) is 20.7 Å². The number of amides is 2. The summed E-state index contributed by atoms with van der Waals surface area (Å²) >= 11 is 1.87. The van der Waals surface area contributed by atoms with E-state index in [9.17, 15) is 19.6 Å². The number of thioether (sulfide) groups is 1. The fraction of sp³-hybridized carbons (Fsp3) is 0.667. The molecule has 1 aromatic carbocycles. The third-order valence-electron chi connectivity index (χ3n) is 8.52. The summed E-state index contributed by atoms with van der Waals surface area (Å²) in [5.41, 5.74) is 4.58. The molecule has 0 radical (unpaired) electrons. The van der Waals surface area contributed by atoms with Crippen LogP contribution in [0.3, 0.4) is 0 Å². The molecule has 2 amide bonds. The number of hydrogen-bond acceptors (Lipinski definition) is 10. The number of hydrazine groups is 1. The van der Waals surface area contributed by atoms with Gasteiger partial charge in [-0.3, -0.25) is 9.59 Å². The van der Waals surface area contributed by atoms with E-state index in [0.717, 1.165) is 35.8 Å². The van der Waals surface area contributed by atoms with E-state index in [4.69, 9.17) is 9.47 Å². The van der Waals surface area contributed by atoms with E-state index >= 15 is 0 Å². The summed E-state index contributed by atoms with van der Waals surface area (Å²) < 4.78 is 11.6. The van der Waals surface area contributed by atoms with Gasteiger partial charge in [-0.1, -0.05) is 0 Å². The van der Waals surface area contributed by atoms with Gasteiger partial charge < -0.3 is 25.0 Å². The third kappa shape index (κ3) is 6.39. The lowest BCUT2D eigenvalue weighted by molar-refractivity contribution is -0.180. The van der Waals surface area contributed by atoms with Crippen LogP contribution in [0.15, 0.2) is 18.2 Å². The third-order valence-corrected chi connectivity index (χ3v) is 9.46. The number of aryl methyl sites for hydroxylation is 1. The van der Waals surface area contributed by atoms with Gasteiger partial charge in [0.05, 0.1) is 30.6 Å².